The molecule has 1 aromatic carbocycles. The molecule has 6 heteroatoms. The molecule has 0 radical (unpaired) electrons. The van der Waals surface area contributed by atoms with Gasteiger partial charge in [-0.3, -0.25) is 9.59 Å². The summed E-state index contributed by atoms with van der Waals surface area (Å²) >= 11 is 0. The monoisotopic (exact) mass is 433 g/mol. The lowest BCUT2D eigenvalue weighted by atomic mass is 9.74. The van der Waals surface area contributed by atoms with E-state index < -0.39 is 6.04 Å². The number of rotatable bonds is 3. The van der Waals surface area contributed by atoms with Gasteiger partial charge in [-0.25, -0.2) is 0 Å². The first-order valence-corrected chi connectivity index (χ1v) is 11.6. The average molecular weight is 434 g/mol. The van der Waals surface area contributed by atoms with E-state index in [0.29, 0.717) is 12.2 Å². The first kappa shape index (κ1) is 20.9. The Balaban J connectivity index is 1.63. The number of hydrogen-bond acceptors (Lipinski definition) is 5. The third-order valence-electron chi connectivity index (χ3n) is 6.83. The van der Waals surface area contributed by atoms with Crippen LogP contribution in [0.5, 0.6) is 0 Å². The van der Waals surface area contributed by atoms with E-state index in [1.807, 2.05) is 41.3 Å². The van der Waals surface area contributed by atoms with Gasteiger partial charge in [0, 0.05) is 30.8 Å². The van der Waals surface area contributed by atoms with Crippen molar-refractivity contribution in [2.24, 2.45) is 5.41 Å². The van der Waals surface area contributed by atoms with Gasteiger partial charge in [0.2, 0.25) is 5.91 Å². The van der Waals surface area contributed by atoms with Crippen LogP contribution in [0.25, 0.3) is 0 Å². The van der Waals surface area contributed by atoms with E-state index in [-0.39, 0.29) is 23.7 Å². The number of likely N-dealkylation sites (tertiary alicyclic amines) is 1. The zero-order valence-electron chi connectivity index (χ0n) is 18.9. The van der Waals surface area contributed by atoms with E-state index in [2.05, 4.69) is 24.1 Å². The van der Waals surface area contributed by atoms with Crippen LogP contribution in [0.3, 0.4) is 0 Å². The quantitative estimate of drug-likeness (QED) is 0.745. The van der Waals surface area contributed by atoms with Gasteiger partial charge >= 0.3 is 0 Å². The zero-order valence-corrected chi connectivity index (χ0v) is 18.9. The number of hydrogen-bond donors (Lipinski definition) is 1. The lowest BCUT2D eigenvalue weighted by Crippen LogP contribution is -2.45. The fourth-order valence-corrected chi connectivity index (χ4v) is 5.36. The Labute approximate surface area is 189 Å². The molecule has 168 valence electrons. The predicted molar refractivity (Wildman–Crippen MR) is 124 cm³/mol. The van der Waals surface area contributed by atoms with Gasteiger partial charge in [0.05, 0.1) is 24.2 Å². The summed E-state index contributed by atoms with van der Waals surface area (Å²) < 4.78 is 5.87. The molecule has 1 unspecified atom stereocenters. The summed E-state index contributed by atoms with van der Waals surface area (Å²) in [7, 11) is 0. The molecule has 1 fully saturated rings. The number of Topliss-reactive ketones (excluding diaryl/α,β-unsaturated/α-hetero) is 1. The Bertz CT molecular complexity index is 1050. The predicted octanol–water partition coefficient (Wildman–Crippen LogP) is 4.91. The van der Waals surface area contributed by atoms with Gasteiger partial charge in [-0.05, 0) is 55.4 Å². The number of benzene rings is 1. The largest absolute Gasteiger partial charge is 0.467 e. The molecule has 6 nitrogen and oxygen atoms in total. The lowest BCUT2D eigenvalue weighted by molar-refractivity contribution is -0.130. The number of para-hydroxylation sites is 2. The smallest absolute Gasteiger partial charge is 0.242 e. The van der Waals surface area contributed by atoms with E-state index in [1.165, 1.54) is 6.42 Å². The van der Waals surface area contributed by atoms with Crippen LogP contribution in [0, 0.1) is 5.41 Å². The Morgan fingerprint density at radius 2 is 1.88 bits per heavy atom. The summed E-state index contributed by atoms with van der Waals surface area (Å²) in [6.45, 7) is 6.08. The van der Waals surface area contributed by atoms with E-state index in [9.17, 15) is 9.59 Å². The second kappa shape index (κ2) is 8.15. The topological polar surface area (TPSA) is 65.8 Å². The normalized spacial score (nSPS) is 22.7. The third kappa shape index (κ3) is 3.83. The van der Waals surface area contributed by atoms with Crippen LogP contribution in [0.15, 0.2) is 58.3 Å². The molecule has 5 rings (SSSR count). The molecular formula is C26H31N3O3. The highest BCUT2D eigenvalue weighted by Crippen LogP contribution is 2.48. The van der Waals surface area contributed by atoms with E-state index in [0.717, 1.165) is 55.0 Å². The number of carbonyl (C=O) groups excluding carboxylic acids is 2. The van der Waals surface area contributed by atoms with E-state index >= 15 is 0 Å². The molecule has 1 saturated heterocycles. The maximum atomic E-state index is 13.5. The molecule has 0 spiro atoms. The highest BCUT2D eigenvalue weighted by atomic mass is 16.3. The summed E-state index contributed by atoms with van der Waals surface area (Å²) in [5, 5.41) is 3.57. The van der Waals surface area contributed by atoms with Crippen LogP contribution in [-0.4, -0.2) is 36.2 Å². The van der Waals surface area contributed by atoms with Crippen molar-refractivity contribution >= 4 is 23.1 Å². The van der Waals surface area contributed by atoms with Crippen molar-refractivity contribution in [2.45, 2.75) is 52.0 Å². The lowest BCUT2D eigenvalue weighted by Gasteiger charge is -2.37. The Kier molecular flexibility index (Phi) is 5.31. The fraction of sp³-hybridized carbons (Fsp3) is 0.462. The maximum Gasteiger partial charge on any atom is 0.242 e. The molecule has 2 aliphatic heterocycles. The number of nitrogens with zero attached hydrogens (tertiary/aromatic N) is 2. The number of piperidine rings is 1. The van der Waals surface area contributed by atoms with Crippen molar-refractivity contribution < 1.29 is 14.0 Å². The first-order valence-electron chi connectivity index (χ1n) is 11.6. The van der Waals surface area contributed by atoms with Gasteiger partial charge in [-0.1, -0.05) is 26.0 Å². The Hall–Kier alpha value is -3.02. The van der Waals surface area contributed by atoms with Gasteiger partial charge < -0.3 is 19.5 Å². The molecule has 1 N–H and O–H groups in total. The fourth-order valence-electron chi connectivity index (χ4n) is 5.36. The van der Waals surface area contributed by atoms with Crippen molar-refractivity contribution in [3.63, 3.8) is 0 Å². The van der Waals surface area contributed by atoms with Gasteiger partial charge in [0.15, 0.2) is 5.78 Å². The van der Waals surface area contributed by atoms with Gasteiger partial charge in [-0.2, -0.15) is 0 Å². The molecule has 32 heavy (non-hydrogen) atoms. The van der Waals surface area contributed by atoms with Crippen molar-refractivity contribution in [3.05, 3.63) is 59.7 Å². The zero-order chi connectivity index (χ0) is 22.3. The number of fused-ring (bicyclic) bond motifs is 1. The average Bonchev–Trinajstić information content (AvgIpc) is 3.25. The van der Waals surface area contributed by atoms with Crippen molar-refractivity contribution in [1.29, 1.82) is 0 Å². The molecule has 2 aromatic rings. The number of allylic oxidation sites excluding steroid dienone is 1. The van der Waals surface area contributed by atoms with Crippen LogP contribution < -0.4 is 10.2 Å². The summed E-state index contributed by atoms with van der Waals surface area (Å²) in [6.07, 6.45) is 6.17. The molecule has 3 aliphatic rings. The highest BCUT2D eigenvalue weighted by molar-refractivity contribution is 6.01. The van der Waals surface area contributed by atoms with Crippen molar-refractivity contribution in [1.82, 2.24) is 4.90 Å². The van der Waals surface area contributed by atoms with Gasteiger partial charge in [-0.15, -0.1) is 0 Å². The third-order valence-corrected chi connectivity index (χ3v) is 6.83. The second-order valence-electron chi connectivity index (χ2n) is 9.96. The first-order chi connectivity index (χ1) is 15.4. The SMILES string of the molecule is CC1(C)CC(=O)C2=C(C1)Nc1ccccc1N(CC(=O)N1CCCCC1)C2c1ccco1. The number of ketones is 1. The molecule has 0 saturated carbocycles. The van der Waals surface area contributed by atoms with Crippen LogP contribution in [-0.2, 0) is 9.59 Å². The summed E-state index contributed by atoms with van der Waals surface area (Å²) in [4.78, 5) is 30.9. The number of carbonyl (C=O) groups is 2. The molecule has 1 amide bonds. The van der Waals surface area contributed by atoms with Crippen molar-refractivity contribution in [3.8, 4) is 0 Å². The minimum atomic E-state index is -0.437. The maximum absolute atomic E-state index is 13.5. The number of furan rings is 1. The Morgan fingerprint density at radius 1 is 1.09 bits per heavy atom. The van der Waals surface area contributed by atoms with Crippen LogP contribution in [0.2, 0.25) is 0 Å². The minimum Gasteiger partial charge on any atom is -0.467 e. The van der Waals surface area contributed by atoms with Crippen LogP contribution in [0.4, 0.5) is 11.4 Å². The van der Waals surface area contributed by atoms with Crippen LogP contribution in [0.1, 0.15) is 57.8 Å². The molecular weight excluding hydrogens is 402 g/mol. The van der Waals surface area contributed by atoms with Gasteiger partial charge in [0.1, 0.15) is 11.8 Å². The second-order valence-corrected chi connectivity index (χ2v) is 9.96. The molecule has 1 atom stereocenters. The van der Waals surface area contributed by atoms with E-state index in [4.69, 9.17) is 4.42 Å². The molecule has 0 bridgehead atoms. The summed E-state index contributed by atoms with van der Waals surface area (Å²) in [5.74, 6) is 0.910. The van der Waals surface area contributed by atoms with Crippen LogP contribution >= 0.6 is 0 Å². The molecule has 3 heterocycles. The standard InChI is InChI=1S/C26H31N3O3/c1-26(2)15-19-24(21(30)16-26)25(22-11-8-14-32-22)29(20-10-5-4-9-18(20)27-19)17-23(31)28-12-6-3-7-13-28/h4-5,8-11,14,25,27H,3,6-7,12-13,15-17H2,1-2H3. The number of nitrogens with one attached hydrogen (secondary N) is 1. The summed E-state index contributed by atoms with van der Waals surface area (Å²) in [5.41, 5.74) is 3.38. The van der Waals surface area contributed by atoms with Gasteiger partial charge in [0.25, 0.3) is 0 Å². The Morgan fingerprint density at radius 3 is 2.62 bits per heavy atom. The van der Waals surface area contributed by atoms with E-state index in [1.54, 1.807) is 6.26 Å². The minimum absolute atomic E-state index is 0.101. The highest BCUT2D eigenvalue weighted by Gasteiger charge is 2.43. The summed E-state index contributed by atoms with van der Waals surface area (Å²) in [6, 6.07) is 11.3. The number of anilines is 2. The molecule has 1 aromatic heterocycles. The number of amides is 1. The molecule has 1 aliphatic carbocycles. The van der Waals surface area contributed by atoms with Crippen molar-refractivity contribution in [2.75, 3.05) is 29.9 Å².